The van der Waals surface area contributed by atoms with E-state index in [4.69, 9.17) is 0 Å². The van der Waals surface area contributed by atoms with Crippen LogP contribution in [0.15, 0.2) is 0 Å². The summed E-state index contributed by atoms with van der Waals surface area (Å²) in [6.45, 7) is 2.32. The molecule has 13 heavy (non-hydrogen) atoms. The van der Waals surface area contributed by atoms with Gasteiger partial charge in [0.25, 0.3) is 0 Å². The van der Waals surface area contributed by atoms with E-state index in [1.54, 1.807) is 0 Å². The van der Waals surface area contributed by atoms with Crippen LogP contribution < -0.4 is 0 Å². The Morgan fingerprint density at radius 3 is 2.46 bits per heavy atom. The van der Waals surface area contributed by atoms with Gasteiger partial charge in [-0.15, -0.1) is 0 Å². The highest BCUT2D eigenvalue weighted by atomic mass is 79.9. The second kappa shape index (κ2) is 3.92. The van der Waals surface area contributed by atoms with E-state index in [1.165, 1.54) is 50.3 Å². The van der Waals surface area contributed by atoms with Crippen LogP contribution in [-0.2, 0) is 0 Å². The van der Waals surface area contributed by atoms with Gasteiger partial charge in [0, 0.05) is 5.33 Å². The topological polar surface area (TPSA) is 0 Å². The molecule has 0 aromatic carbocycles. The lowest BCUT2D eigenvalue weighted by molar-refractivity contribution is 0.233. The number of halogens is 1. The van der Waals surface area contributed by atoms with Gasteiger partial charge in [-0.2, -0.15) is 0 Å². The van der Waals surface area contributed by atoms with Crippen LogP contribution in [0.5, 0.6) is 0 Å². The Bertz CT molecular complexity index is 168. The van der Waals surface area contributed by atoms with Crippen LogP contribution in [0, 0.1) is 17.3 Å². The second-order valence-electron chi connectivity index (χ2n) is 5.15. The van der Waals surface area contributed by atoms with Crippen molar-refractivity contribution in [2.24, 2.45) is 17.3 Å². The Hall–Kier alpha value is 0.480. The highest BCUT2D eigenvalue weighted by Crippen LogP contribution is 2.62. The molecule has 2 saturated carbocycles. The van der Waals surface area contributed by atoms with Crippen molar-refractivity contribution in [2.75, 3.05) is 5.33 Å². The van der Waals surface area contributed by atoms with E-state index < -0.39 is 0 Å². The van der Waals surface area contributed by atoms with Gasteiger partial charge in [-0.1, -0.05) is 35.7 Å². The Morgan fingerprint density at radius 1 is 1.31 bits per heavy atom. The minimum absolute atomic E-state index is 0.827. The molecule has 2 aliphatic carbocycles. The molecule has 0 bridgehead atoms. The molecule has 2 aliphatic rings. The van der Waals surface area contributed by atoms with Crippen molar-refractivity contribution in [3.05, 3.63) is 0 Å². The van der Waals surface area contributed by atoms with Crippen LogP contribution in [0.2, 0.25) is 0 Å². The van der Waals surface area contributed by atoms with E-state index in [9.17, 15) is 0 Å². The van der Waals surface area contributed by atoms with E-state index in [0.717, 1.165) is 17.3 Å². The third-order valence-corrected chi connectivity index (χ3v) is 5.12. The zero-order valence-corrected chi connectivity index (χ0v) is 10.3. The molecule has 0 radical (unpaired) electrons. The van der Waals surface area contributed by atoms with Crippen molar-refractivity contribution in [1.82, 2.24) is 0 Å². The third kappa shape index (κ3) is 1.95. The lowest BCUT2D eigenvalue weighted by Crippen LogP contribution is -2.17. The standard InChI is InChI=1S/C12H21Br/c1-2-3-10-4-6-12(7-5-10)8-11(12)9-13/h10-11H,2-9H2,1H3. The molecule has 76 valence electrons. The van der Waals surface area contributed by atoms with Crippen LogP contribution in [0.4, 0.5) is 0 Å². The molecule has 0 aromatic heterocycles. The minimum atomic E-state index is 0.827. The highest BCUT2D eigenvalue weighted by molar-refractivity contribution is 9.09. The van der Waals surface area contributed by atoms with E-state index in [2.05, 4.69) is 22.9 Å². The smallest absolute Gasteiger partial charge is 0.00651 e. The maximum atomic E-state index is 3.63. The largest absolute Gasteiger partial charge is 0.0925 e. The van der Waals surface area contributed by atoms with E-state index >= 15 is 0 Å². The minimum Gasteiger partial charge on any atom is -0.0925 e. The molecule has 2 fully saturated rings. The highest BCUT2D eigenvalue weighted by Gasteiger charge is 2.53. The number of rotatable bonds is 3. The monoisotopic (exact) mass is 244 g/mol. The van der Waals surface area contributed by atoms with Gasteiger partial charge in [0.2, 0.25) is 0 Å². The molecular weight excluding hydrogens is 224 g/mol. The summed E-state index contributed by atoms with van der Waals surface area (Å²) in [5, 5.41) is 1.26. The van der Waals surface area contributed by atoms with Gasteiger partial charge >= 0.3 is 0 Å². The summed E-state index contributed by atoms with van der Waals surface area (Å²) < 4.78 is 0. The Balaban J connectivity index is 1.77. The molecule has 0 amide bonds. The summed E-state index contributed by atoms with van der Waals surface area (Å²) >= 11 is 3.63. The lowest BCUT2D eigenvalue weighted by Gasteiger charge is -2.29. The van der Waals surface area contributed by atoms with Gasteiger partial charge < -0.3 is 0 Å². The van der Waals surface area contributed by atoms with Gasteiger partial charge in [-0.25, -0.2) is 0 Å². The molecule has 1 unspecified atom stereocenters. The first kappa shape index (κ1) is 10.0. The van der Waals surface area contributed by atoms with Crippen LogP contribution in [0.1, 0.15) is 51.9 Å². The van der Waals surface area contributed by atoms with Crippen molar-refractivity contribution < 1.29 is 0 Å². The summed E-state index contributed by atoms with van der Waals surface area (Å²) in [4.78, 5) is 0. The van der Waals surface area contributed by atoms with Gasteiger partial charge in [0.05, 0.1) is 0 Å². The van der Waals surface area contributed by atoms with Crippen molar-refractivity contribution in [2.45, 2.75) is 51.9 Å². The number of alkyl halides is 1. The molecule has 0 saturated heterocycles. The fourth-order valence-electron chi connectivity index (χ4n) is 3.21. The maximum Gasteiger partial charge on any atom is 0.00651 e. The third-order valence-electron chi connectivity index (χ3n) is 4.34. The summed E-state index contributed by atoms with van der Waals surface area (Å²) in [7, 11) is 0. The van der Waals surface area contributed by atoms with Crippen molar-refractivity contribution in [1.29, 1.82) is 0 Å². The molecule has 1 atom stereocenters. The van der Waals surface area contributed by atoms with Crippen molar-refractivity contribution in [3.63, 3.8) is 0 Å². The van der Waals surface area contributed by atoms with Gasteiger partial charge in [0.1, 0.15) is 0 Å². The molecule has 1 spiro atoms. The molecule has 0 aliphatic heterocycles. The van der Waals surface area contributed by atoms with E-state index in [0.29, 0.717) is 0 Å². The molecule has 0 heterocycles. The van der Waals surface area contributed by atoms with Gasteiger partial charge in [-0.3, -0.25) is 0 Å². The Labute approximate surface area is 90.6 Å². The van der Waals surface area contributed by atoms with Gasteiger partial charge in [-0.05, 0) is 49.4 Å². The summed E-state index contributed by atoms with van der Waals surface area (Å²) in [5.74, 6) is 2.11. The maximum absolute atomic E-state index is 3.63. The Kier molecular flexibility index (Phi) is 3.02. The lowest BCUT2D eigenvalue weighted by atomic mass is 9.77. The Morgan fingerprint density at radius 2 is 2.00 bits per heavy atom. The molecular formula is C12H21Br. The average molecular weight is 245 g/mol. The summed E-state index contributed by atoms with van der Waals surface area (Å²) in [6, 6.07) is 0. The molecule has 0 aromatic rings. The van der Waals surface area contributed by atoms with Crippen molar-refractivity contribution in [3.8, 4) is 0 Å². The predicted octanol–water partition coefficient (Wildman–Crippen LogP) is 4.38. The molecule has 2 rings (SSSR count). The van der Waals surface area contributed by atoms with Gasteiger partial charge in [0.15, 0.2) is 0 Å². The first-order valence-corrected chi connectivity index (χ1v) is 6.99. The zero-order valence-electron chi connectivity index (χ0n) is 8.69. The zero-order chi connectivity index (χ0) is 9.31. The molecule has 0 nitrogen and oxygen atoms in total. The number of hydrogen-bond acceptors (Lipinski definition) is 0. The van der Waals surface area contributed by atoms with Crippen molar-refractivity contribution >= 4 is 15.9 Å². The van der Waals surface area contributed by atoms with E-state index in [1.807, 2.05) is 0 Å². The summed E-state index contributed by atoms with van der Waals surface area (Å²) in [5.41, 5.74) is 0.827. The fourth-order valence-corrected chi connectivity index (χ4v) is 4.13. The molecule has 0 N–H and O–H groups in total. The molecule has 1 heteroatoms. The van der Waals surface area contributed by atoms with E-state index in [-0.39, 0.29) is 0 Å². The average Bonchev–Trinajstić information content (AvgIpc) is 2.84. The van der Waals surface area contributed by atoms with Crippen LogP contribution in [-0.4, -0.2) is 5.33 Å². The first-order chi connectivity index (χ1) is 6.30. The summed E-state index contributed by atoms with van der Waals surface area (Å²) in [6.07, 6.45) is 10.5. The first-order valence-electron chi connectivity index (χ1n) is 5.86. The van der Waals surface area contributed by atoms with Crippen LogP contribution in [0.25, 0.3) is 0 Å². The van der Waals surface area contributed by atoms with Crippen LogP contribution >= 0.6 is 15.9 Å². The van der Waals surface area contributed by atoms with Crippen LogP contribution in [0.3, 0.4) is 0 Å². The SMILES string of the molecule is CCCC1CCC2(CC1)CC2CBr. The second-order valence-corrected chi connectivity index (χ2v) is 5.80. The number of hydrogen-bond donors (Lipinski definition) is 0. The fraction of sp³-hybridized carbons (Fsp3) is 1.00. The normalized spacial score (nSPS) is 43.8. The predicted molar refractivity (Wildman–Crippen MR) is 61.2 cm³/mol. The quantitative estimate of drug-likeness (QED) is 0.647.